The van der Waals surface area contributed by atoms with Crippen LogP contribution in [0.4, 0.5) is 0 Å². The van der Waals surface area contributed by atoms with Crippen LogP contribution in [0, 0.1) is 10.8 Å². The van der Waals surface area contributed by atoms with Crippen molar-refractivity contribution in [2.45, 2.75) is 13.8 Å². The minimum Gasteiger partial charge on any atom is -0.466 e. The molecule has 4 heteroatoms. The predicted octanol–water partition coefficient (Wildman–Crippen LogP) is 1.32. The van der Waals surface area contributed by atoms with Gasteiger partial charge in [-0.3, -0.25) is 4.79 Å². The van der Waals surface area contributed by atoms with Crippen LogP contribution in [-0.2, 0) is 14.3 Å². The number of ether oxygens (including phenoxy) is 2. The molecule has 1 unspecified atom stereocenters. The number of carbonyl (C=O) groups is 1. The van der Waals surface area contributed by atoms with Gasteiger partial charge in [-0.1, -0.05) is 0 Å². The molecule has 0 aromatic carbocycles. The van der Waals surface area contributed by atoms with Crippen LogP contribution < -0.4 is 0 Å². The van der Waals surface area contributed by atoms with E-state index >= 15 is 0 Å². The van der Waals surface area contributed by atoms with E-state index in [4.69, 9.17) is 9.47 Å². The summed E-state index contributed by atoms with van der Waals surface area (Å²) in [6.07, 6.45) is 0. The fourth-order valence-electron chi connectivity index (χ4n) is 2.08. The van der Waals surface area contributed by atoms with Gasteiger partial charge in [0.2, 0.25) is 0 Å². The van der Waals surface area contributed by atoms with Crippen molar-refractivity contribution in [2.24, 2.45) is 10.8 Å². The van der Waals surface area contributed by atoms with Gasteiger partial charge in [0.1, 0.15) is 0 Å². The highest BCUT2D eigenvalue weighted by Crippen LogP contribution is 2.55. The second-order valence-corrected chi connectivity index (χ2v) is 5.30. The van der Waals surface area contributed by atoms with E-state index in [0.29, 0.717) is 6.61 Å². The van der Waals surface area contributed by atoms with E-state index in [1.54, 1.807) is 0 Å². The first-order chi connectivity index (χ1) is 6.65. The van der Waals surface area contributed by atoms with E-state index < -0.39 is 0 Å². The number of carbonyl (C=O) groups excluding carboxylic acids is 1. The molecule has 0 radical (unpaired) electrons. The Bertz CT molecular complexity index is 250. The molecule has 2 rings (SSSR count). The summed E-state index contributed by atoms with van der Waals surface area (Å²) in [6, 6.07) is 0. The first-order valence-electron chi connectivity index (χ1n) is 4.97. The summed E-state index contributed by atoms with van der Waals surface area (Å²) in [7, 11) is 0. The smallest absolute Gasteiger partial charge is 0.313 e. The molecular formula is C10H16O3S. The number of rotatable bonds is 2. The summed E-state index contributed by atoms with van der Waals surface area (Å²) in [6.45, 7) is 5.78. The van der Waals surface area contributed by atoms with Crippen LogP contribution in [0.15, 0.2) is 0 Å². The third kappa shape index (κ3) is 1.20. The summed E-state index contributed by atoms with van der Waals surface area (Å²) >= 11 is 1.84. The second-order valence-electron chi connectivity index (χ2n) is 4.32. The molecule has 3 nitrogen and oxygen atoms in total. The highest BCUT2D eigenvalue weighted by atomic mass is 32.2. The normalized spacial score (nSPS) is 34.1. The van der Waals surface area contributed by atoms with Gasteiger partial charge in [0.05, 0.1) is 25.2 Å². The zero-order chi connectivity index (χ0) is 10.2. The fourth-order valence-corrected chi connectivity index (χ4v) is 3.89. The average molecular weight is 216 g/mol. The molecule has 80 valence electrons. The average Bonchev–Trinajstić information content (AvgIpc) is 2.44. The molecule has 0 aliphatic carbocycles. The van der Waals surface area contributed by atoms with E-state index in [2.05, 4.69) is 0 Å². The summed E-state index contributed by atoms with van der Waals surface area (Å²) in [4.78, 5) is 11.9. The van der Waals surface area contributed by atoms with Gasteiger partial charge < -0.3 is 9.47 Å². The van der Waals surface area contributed by atoms with Crippen molar-refractivity contribution in [3.63, 3.8) is 0 Å². The van der Waals surface area contributed by atoms with Crippen molar-refractivity contribution in [1.82, 2.24) is 0 Å². The topological polar surface area (TPSA) is 35.5 Å². The van der Waals surface area contributed by atoms with Crippen LogP contribution in [0.25, 0.3) is 0 Å². The van der Waals surface area contributed by atoms with Crippen molar-refractivity contribution in [3.8, 4) is 0 Å². The van der Waals surface area contributed by atoms with Crippen LogP contribution >= 0.6 is 11.8 Å². The van der Waals surface area contributed by atoms with E-state index in [-0.39, 0.29) is 16.8 Å². The predicted molar refractivity (Wildman–Crippen MR) is 55.3 cm³/mol. The summed E-state index contributed by atoms with van der Waals surface area (Å²) < 4.78 is 10.4. The monoisotopic (exact) mass is 216 g/mol. The third-order valence-corrected chi connectivity index (χ3v) is 4.96. The van der Waals surface area contributed by atoms with Crippen molar-refractivity contribution in [2.75, 3.05) is 31.3 Å². The van der Waals surface area contributed by atoms with Crippen LogP contribution in [0.5, 0.6) is 0 Å². The maximum absolute atomic E-state index is 11.9. The van der Waals surface area contributed by atoms with Gasteiger partial charge in [0.15, 0.2) is 0 Å². The van der Waals surface area contributed by atoms with Crippen LogP contribution in [0.2, 0.25) is 0 Å². The van der Waals surface area contributed by atoms with Crippen molar-refractivity contribution >= 4 is 17.7 Å². The van der Waals surface area contributed by atoms with Crippen molar-refractivity contribution < 1.29 is 14.3 Å². The van der Waals surface area contributed by atoms with E-state index in [1.165, 1.54) is 0 Å². The van der Waals surface area contributed by atoms with Gasteiger partial charge in [-0.25, -0.2) is 0 Å². The second kappa shape index (κ2) is 3.42. The SMILES string of the molecule is CCOC(=O)C1(C)CSCC12COC2. The van der Waals surface area contributed by atoms with E-state index in [0.717, 1.165) is 24.7 Å². The molecule has 0 aromatic rings. The Balaban J connectivity index is 2.16. The molecular weight excluding hydrogens is 200 g/mol. The van der Waals surface area contributed by atoms with Crippen LogP contribution in [0.3, 0.4) is 0 Å². The highest BCUT2D eigenvalue weighted by molar-refractivity contribution is 7.99. The van der Waals surface area contributed by atoms with Gasteiger partial charge in [-0.05, 0) is 13.8 Å². The summed E-state index contributed by atoms with van der Waals surface area (Å²) in [5, 5.41) is 0. The van der Waals surface area contributed by atoms with Gasteiger partial charge in [0, 0.05) is 16.9 Å². The van der Waals surface area contributed by atoms with E-state index in [1.807, 2.05) is 25.6 Å². The van der Waals surface area contributed by atoms with Gasteiger partial charge >= 0.3 is 5.97 Å². The number of hydrogen-bond acceptors (Lipinski definition) is 4. The lowest BCUT2D eigenvalue weighted by molar-refractivity contribution is -0.189. The maximum Gasteiger partial charge on any atom is 0.313 e. The zero-order valence-corrected chi connectivity index (χ0v) is 9.49. The summed E-state index contributed by atoms with van der Waals surface area (Å²) in [5.41, 5.74) is -0.268. The molecule has 2 fully saturated rings. The molecule has 2 aliphatic rings. The Labute approximate surface area is 88.5 Å². The van der Waals surface area contributed by atoms with Crippen molar-refractivity contribution in [1.29, 1.82) is 0 Å². The molecule has 0 N–H and O–H groups in total. The largest absolute Gasteiger partial charge is 0.466 e. The first-order valence-corrected chi connectivity index (χ1v) is 6.13. The maximum atomic E-state index is 11.9. The molecule has 14 heavy (non-hydrogen) atoms. The van der Waals surface area contributed by atoms with Crippen LogP contribution in [-0.4, -0.2) is 37.3 Å². The molecule has 1 atom stereocenters. The van der Waals surface area contributed by atoms with Gasteiger partial charge in [-0.15, -0.1) is 0 Å². The molecule has 0 aromatic heterocycles. The first kappa shape index (κ1) is 10.3. The molecule has 1 spiro atoms. The van der Waals surface area contributed by atoms with Crippen molar-refractivity contribution in [3.05, 3.63) is 0 Å². The molecule has 0 saturated carbocycles. The Kier molecular flexibility index (Phi) is 2.52. The minimum absolute atomic E-state index is 0.0479. The minimum atomic E-state index is -0.327. The fraction of sp³-hybridized carbons (Fsp3) is 0.900. The Hall–Kier alpha value is -0.220. The quantitative estimate of drug-likeness (QED) is 0.652. The lowest BCUT2D eigenvalue weighted by Crippen LogP contribution is -2.57. The number of hydrogen-bond donors (Lipinski definition) is 0. The molecule has 0 amide bonds. The van der Waals surface area contributed by atoms with Gasteiger partial charge in [-0.2, -0.15) is 11.8 Å². The number of esters is 1. The Morgan fingerprint density at radius 1 is 1.50 bits per heavy atom. The highest BCUT2D eigenvalue weighted by Gasteiger charge is 2.61. The molecule has 2 aliphatic heterocycles. The molecule has 0 bridgehead atoms. The zero-order valence-electron chi connectivity index (χ0n) is 8.67. The molecule has 2 heterocycles. The van der Waals surface area contributed by atoms with Crippen LogP contribution in [0.1, 0.15) is 13.8 Å². The summed E-state index contributed by atoms with van der Waals surface area (Å²) in [5.74, 6) is 1.85. The lowest BCUT2D eigenvalue weighted by atomic mass is 9.65. The number of thioether (sulfide) groups is 1. The lowest BCUT2D eigenvalue weighted by Gasteiger charge is -2.47. The van der Waals surface area contributed by atoms with E-state index in [9.17, 15) is 4.79 Å². The Morgan fingerprint density at radius 3 is 2.71 bits per heavy atom. The third-order valence-electron chi connectivity index (χ3n) is 3.42. The van der Waals surface area contributed by atoms with Gasteiger partial charge in [0.25, 0.3) is 0 Å². The molecule has 2 saturated heterocycles. The standard InChI is InChI=1S/C10H16O3S/c1-3-13-8(11)9(2)6-14-7-10(9)4-12-5-10/h3-7H2,1-2H3. The Morgan fingerprint density at radius 2 is 2.21 bits per heavy atom.